The van der Waals surface area contributed by atoms with Crippen LogP contribution in [0.3, 0.4) is 0 Å². The lowest BCUT2D eigenvalue weighted by Crippen LogP contribution is -2.54. The van der Waals surface area contributed by atoms with Gasteiger partial charge in [0.2, 0.25) is 6.54 Å². The van der Waals surface area contributed by atoms with Crippen molar-refractivity contribution in [1.29, 1.82) is 0 Å². The van der Waals surface area contributed by atoms with Crippen LogP contribution in [-0.2, 0) is 4.74 Å². The van der Waals surface area contributed by atoms with E-state index in [0.29, 0.717) is 5.92 Å². The van der Waals surface area contributed by atoms with E-state index in [1.807, 2.05) is 0 Å². The number of nitro groups is 1. The molecule has 0 aromatic heterocycles. The smallest absolute Gasteiger partial charge is 0.226 e. The first-order valence-electron chi connectivity index (χ1n) is 8.61. The summed E-state index contributed by atoms with van der Waals surface area (Å²) < 4.78 is 6.05. The molecule has 0 heterocycles. The van der Waals surface area contributed by atoms with Crippen LogP contribution in [0.5, 0.6) is 0 Å². The molecule has 3 aliphatic carbocycles. The second kappa shape index (κ2) is 5.17. The third kappa shape index (κ3) is 2.37. The van der Waals surface area contributed by atoms with E-state index in [9.17, 15) is 15.2 Å². The van der Waals surface area contributed by atoms with Crippen LogP contribution in [0.2, 0.25) is 0 Å². The second-order valence-corrected chi connectivity index (χ2v) is 8.82. The molecule has 0 saturated heterocycles. The fourth-order valence-electron chi connectivity index (χ4n) is 6.01. The van der Waals surface area contributed by atoms with E-state index in [1.54, 1.807) is 0 Å². The first-order chi connectivity index (χ1) is 10.2. The minimum absolute atomic E-state index is 0.000116. The molecule has 5 atom stereocenters. The van der Waals surface area contributed by atoms with Gasteiger partial charge < -0.3 is 9.84 Å². The molecule has 1 spiro atoms. The number of rotatable bonds is 4. The van der Waals surface area contributed by atoms with Gasteiger partial charge in [-0.3, -0.25) is 10.1 Å². The summed E-state index contributed by atoms with van der Waals surface area (Å²) in [6.45, 7) is 6.96. The number of aliphatic hydroxyl groups excluding tert-OH is 1. The fraction of sp³-hybridized carbons (Fsp3) is 1.00. The summed E-state index contributed by atoms with van der Waals surface area (Å²) in [5, 5.41) is 21.0. The van der Waals surface area contributed by atoms with Crippen molar-refractivity contribution in [3.63, 3.8) is 0 Å². The molecule has 0 aromatic carbocycles. The maximum absolute atomic E-state index is 10.6. The van der Waals surface area contributed by atoms with Crippen molar-refractivity contribution >= 4 is 0 Å². The summed E-state index contributed by atoms with van der Waals surface area (Å²) in [4.78, 5) is 10.3. The normalized spacial score (nSPS) is 46.3. The highest BCUT2D eigenvalue weighted by molar-refractivity contribution is 5.14. The maximum Gasteiger partial charge on any atom is 0.226 e. The van der Waals surface area contributed by atoms with E-state index in [1.165, 1.54) is 0 Å². The van der Waals surface area contributed by atoms with Crippen molar-refractivity contribution in [2.75, 3.05) is 13.2 Å². The highest BCUT2D eigenvalue weighted by Gasteiger charge is 2.65. The number of aliphatic hydroxyl groups is 1. The van der Waals surface area contributed by atoms with Crippen molar-refractivity contribution in [2.45, 2.75) is 71.5 Å². The Labute approximate surface area is 132 Å². The molecule has 0 aromatic rings. The Kier molecular flexibility index (Phi) is 3.80. The third-order valence-corrected chi connectivity index (χ3v) is 7.01. The van der Waals surface area contributed by atoms with Crippen molar-refractivity contribution in [3.05, 3.63) is 10.1 Å². The molecule has 3 saturated carbocycles. The Balaban J connectivity index is 1.84. The summed E-state index contributed by atoms with van der Waals surface area (Å²) in [7, 11) is 0. The van der Waals surface area contributed by atoms with Crippen molar-refractivity contribution < 1.29 is 14.8 Å². The Morgan fingerprint density at radius 1 is 1.27 bits per heavy atom. The van der Waals surface area contributed by atoms with Crippen LogP contribution in [-0.4, -0.2) is 35.4 Å². The molecule has 0 aliphatic heterocycles. The van der Waals surface area contributed by atoms with Crippen molar-refractivity contribution in [3.8, 4) is 0 Å². The average molecular weight is 311 g/mol. The van der Waals surface area contributed by atoms with Gasteiger partial charge in [-0.25, -0.2) is 0 Å². The van der Waals surface area contributed by atoms with E-state index in [0.717, 1.165) is 38.5 Å². The van der Waals surface area contributed by atoms with Gasteiger partial charge in [-0.15, -0.1) is 0 Å². The number of fused-ring (bicyclic) bond motifs is 1. The summed E-state index contributed by atoms with van der Waals surface area (Å²) in [6, 6.07) is 0. The van der Waals surface area contributed by atoms with E-state index in [4.69, 9.17) is 4.74 Å². The molecule has 3 fully saturated rings. The van der Waals surface area contributed by atoms with Gasteiger partial charge in [-0.1, -0.05) is 20.8 Å². The third-order valence-electron chi connectivity index (χ3n) is 7.01. The van der Waals surface area contributed by atoms with Gasteiger partial charge in [-0.2, -0.15) is 0 Å². The first-order valence-corrected chi connectivity index (χ1v) is 8.61. The van der Waals surface area contributed by atoms with Crippen LogP contribution in [0, 0.1) is 32.3 Å². The van der Waals surface area contributed by atoms with Crippen LogP contribution in [0.25, 0.3) is 0 Å². The standard InChI is InChI=1S/C17H29NO4/c1-15(2)10-14(22-9-8-18(20)21)17-7-5-13(19)16(3,11-17)6-4-12(15)17/h12-14,19H,4-11H2,1-3H3/t12-,13+,14-,16-,17-/m0/s1. The van der Waals surface area contributed by atoms with Gasteiger partial charge in [0.1, 0.15) is 6.61 Å². The average Bonchev–Trinajstić information content (AvgIpc) is 2.61. The van der Waals surface area contributed by atoms with Crippen LogP contribution in [0.4, 0.5) is 0 Å². The quantitative estimate of drug-likeness (QED) is 0.640. The van der Waals surface area contributed by atoms with Gasteiger partial charge >= 0.3 is 0 Å². The van der Waals surface area contributed by atoms with E-state index in [-0.39, 0.29) is 46.5 Å². The van der Waals surface area contributed by atoms with Gasteiger partial charge in [0.05, 0.1) is 12.2 Å². The molecule has 0 unspecified atom stereocenters. The first kappa shape index (κ1) is 16.2. The number of nitrogens with zero attached hydrogens (tertiary/aromatic N) is 1. The molecular weight excluding hydrogens is 282 g/mol. The summed E-state index contributed by atoms with van der Waals surface area (Å²) in [5.41, 5.74) is 0.342. The predicted molar refractivity (Wildman–Crippen MR) is 83.1 cm³/mol. The molecule has 5 heteroatoms. The minimum Gasteiger partial charge on any atom is -0.393 e. The molecule has 3 rings (SSSR count). The molecule has 126 valence electrons. The molecule has 3 aliphatic rings. The molecule has 0 amide bonds. The Hall–Kier alpha value is -0.680. The summed E-state index contributed by atoms with van der Waals surface area (Å²) >= 11 is 0. The fourth-order valence-corrected chi connectivity index (χ4v) is 6.01. The summed E-state index contributed by atoms with van der Waals surface area (Å²) in [6.07, 6.45) is 5.99. The van der Waals surface area contributed by atoms with Gasteiger partial charge in [-0.05, 0) is 55.3 Å². The van der Waals surface area contributed by atoms with Crippen LogP contribution in [0.1, 0.15) is 59.3 Å². The lowest BCUT2D eigenvalue weighted by molar-refractivity contribution is -0.484. The van der Waals surface area contributed by atoms with E-state index < -0.39 is 0 Å². The van der Waals surface area contributed by atoms with Gasteiger partial charge in [0.25, 0.3) is 0 Å². The highest BCUT2D eigenvalue weighted by atomic mass is 16.6. The van der Waals surface area contributed by atoms with Crippen LogP contribution < -0.4 is 0 Å². The van der Waals surface area contributed by atoms with Crippen LogP contribution in [0.15, 0.2) is 0 Å². The number of ether oxygens (including phenoxy) is 1. The molecule has 22 heavy (non-hydrogen) atoms. The maximum atomic E-state index is 10.6. The molecule has 1 N–H and O–H groups in total. The molecule has 2 bridgehead atoms. The molecule has 0 radical (unpaired) electrons. The number of hydrogen-bond acceptors (Lipinski definition) is 4. The molecule has 5 nitrogen and oxygen atoms in total. The Morgan fingerprint density at radius 2 is 2.00 bits per heavy atom. The molecular formula is C17H29NO4. The Bertz CT molecular complexity index is 466. The van der Waals surface area contributed by atoms with Gasteiger partial charge in [0.15, 0.2) is 0 Å². The van der Waals surface area contributed by atoms with Crippen LogP contribution >= 0.6 is 0 Å². The van der Waals surface area contributed by atoms with E-state index in [2.05, 4.69) is 20.8 Å². The van der Waals surface area contributed by atoms with E-state index >= 15 is 0 Å². The topological polar surface area (TPSA) is 72.6 Å². The Morgan fingerprint density at radius 3 is 2.68 bits per heavy atom. The zero-order chi connectivity index (χ0) is 16.2. The lowest BCUT2D eigenvalue weighted by Gasteiger charge is -2.57. The minimum atomic E-state index is -0.301. The second-order valence-electron chi connectivity index (χ2n) is 8.82. The number of hydrogen-bond donors (Lipinski definition) is 1. The largest absolute Gasteiger partial charge is 0.393 e. The predicted octanol–water partition coefficient (Wildman–Crippen LogP) is 3.03. The zero-order valence-electron chi connectivity index (χ0n) is 14.0. The highest BCUT2D eigenvalue weighted by Crippen LogP contribution is 2.69. The van der Waals surface area contributed by atoms with Gasteiger partial charge in [0, 0.05) is 10.3 Å². The SMILES string of the molecule is CC1(C)C[C@H](OCC[N+](=O)[O-])[C@]23CC[C@@H](O)[C@@](C)(CC[C@@H]12)C3. The summed E-state index contributed by atoms with van der Waals surface area (Å²) in [5.74, 6) is 0.612. The monoisotopic (exact) mass is 311 g/mol. The zero-order valence-corrected chi connectivity index (χ0v) is 14.0. The lowest BCUT2D eigenvalue weighted by atomic mass is 9.49. The van der Waals surface area contributed by atoms with Crippen molar-refractivity contribution in [2.24, 2.45) is 22.2 Å². The van der Waals surface area contributed by atoms with Crippen molar-refractivity contribution in [1.82, 2.24) is 0 Å².